The van der Waals surface area contributed by atoms with Crippen molar-refractivity contribution in [2.75, 3.05) is 37.9 Å². The normalized spacial score (nSPS) is 11.1. The minimum Gasteiger partial charge on any atom is -0.493 e. The van der Waals surface area contributed by atoms with E-state index in [1.807, 2.05) is 0 Å². The molecule has 0 saturated heterocycles. The van der Waals surface area contributed by atoms with Gasteiger partial charge in [-0.2, -0.15) is 5.10 Å². The number of rotatable bonds is 13. The molecule has 38 heavy (non-hydrogen) atoms. The summed E-state index contributed by atoms with van der Waals surface area (Å²) >= 11 is 0. The van der Waals surface area contributed by atoms with Crippen molar-refractivity contribution in [3.63, 3.8) is 0 Å². The van der Waals surface area contributed by atoms with Crippen LogP contribution in [0.25, 0.3) is 0 Å². The predicted octanol–water partition coefficient (Wildman–Crippen LogP) is 1.91. The van der Waals surface area contributed by atoms with Gasteiger partial charge in [0.25, 0.3) is 11.8 Å². The lowest BCUT2D eigenvalue weighted by Gasteiger charge is -2.22. The first-order valence-electron chi connectivity index (χ1n) is 11.2. The van der Waals surface area contributed by atoms with Crippen molar-refractivity contribution in [1.29, 1.82) is 0 Å². The standard InChI is InChI=1S/C25H28N4O8S/c1-34-22-11-8-19(13-23(22)35-2)29(38(3,32)33)16-24(30)28-27-14-18-6-9-20(10-7-18)37-17-25(31)26-15-21-5-4-12-36-21/h4-14H,15-17H2,1-3H3,(H,26,31)(H,28,30)/b27-14-. The van der Waals surface area contributed by atoms with Gasteiger partial charge in [-0.05, 0) is 54.1 Å². The van der Waals surface area contributed by atoms with Gasteiger partial charge >= 0.3 is 0 Å². The first-order chi connectivity index (χ1) is 18.2. The van der Waals surface area contributed by atoms with Crippen LogP contribution in [-0.2, 0) is 26.2 Å². The molecule has 0 aliphatic rings. The number of hydrazone groups is 1. The van der Waals surface area contributed by atoms with Gasteiger partial charge in [-0.3, -0.25) is 13.9 Å². The monoisotopic (exact) mass is 544 g/mol. The molecule has 0 fully saturated rings. The van der Waals surface area contributed by atoms with Crippen molar-refractivity contribution in [3.05, 3.63) is 72.2 Å². The van der Waals surface area contributed by atoms with Gasteiger partial charge in [0.2, 0.25) is 10.0 Å². The smallest absolute Gasteiger partial charge is 0.260 e. The van der Waals surface area contributed by atoms with Crippen LogP contribution >= 0.6 is 0 Å². The van der Waals surface area contributed by atoms with E-state index < -0.39 is 22.5 Å². The van der Waals surface area contributed by atoms with Crippen LogP contribution in [0.4, 0.5) is 5.69 Å². The van der Waals surface area contributed by atoms with Crippen LogP contribution in [0, 0.1) is 0 Å². The Labute approximate surface area is 220 Å². The van der Waals surface area contributed by atoms with Crippen LogP contribution in [0.2, 0.25) is 0 Å². The van der Waals surface area contributed by atoms with E-state index in [2.05, 4.69) is 15.8 Å². The van der Waals surface area contributed by atoms with Crippen molar-refractivity contribution in [1.82, 2.24) is 10.7 Å². The Bertz CT molecular complexity index is 1360. The number of amides is 2. The second kappa shape index (κ2) is 13.1. The van der Waals surface area contributed by atoms with Crippen LogP contribution in [0.3, 0.4) is 0 Å². The number of nitrogens with zero attached hydrogens (tertiary/aromatic N) is 2. The highest BCUT2D eigenvalue weighted by Gasteiger charge is 2.22. The highest BCUT2D eigenvalue weighted by Crippen LogP contribution is 2.32. The lowest BCUT2D eigenvalue weighted by molar-refractivity contribution is -0.123. The summed E-state index contributed by atoms with van der Waals surface area (Å²) in [6, 6.07) is 14.6. The van der Waals surface area contributed by atoms with Gasteiger partial charge in [0.1, 0.15) is 18.1 Å². The van der Waals surface area contributed by atoms with Gasteiger partial charge in [0, 0.05) is 6.07 Å². The van der Waals surface area contributed by atoms with E-state index >= 15 is 0 Å². The zero-order chi connectivity index (χ0) is 27.5. The van der Waals surface area contributed by atoms with Crippen LogP contribution in [-0.4, -0.2) is 60.1 Å². The number of hydrogen-bond acceptors (Lipinski definition) is 9. The fourth-order valence-electron chi connectivity index (χ4n) is 3.17. The van der Waals surface area contributed by atoms with E-state index in [-0.39, 0.29) is 24.7 Å². The van der Waals surface area contributed by atoms with Gasteiger partial charge in [0.05, 0.1) is 45.2 Å². The average molecular weight is 545 g/mol. The number of benzene rings is 2. The van der Waals surface area contributed by atoms with Crippen LogP contribution in [0.15, 0.2) is 70.4 Å². The number of anilines is 1. The highest BCUT2D eigenvalue weighted by molar-refractivity contribution is 7.92. The SMILES string of the molecule is COc1ccc(N(CC(=O)N/N=C\c2ccc(OCC(=O)NCc3ccco3)cc2)S(C)(=O)=O)cc1OC. The number of carbonyl (C=O) groups excluding carboxylic acids is 2. The quantitative estimate of drug-likeness (QED) is 0.245. The van der Waals surface area contributed by atoms with E-state index in [1.54, 1.807) is 42.5 Å². The van der Waals surface area contributed by atoms with Gasteiger partial charge in [0.15, 0.2) is 18.1 Å². The van der Waals surface area contributed by atoms with Crippen molar-refractivity contribution in [3.8, 4) is 17.2 Å². The first-order valence-corrected chi connectivity index (χ1v) is 13.1. The van der Waals surface area contributed by atoms with Crippen molar-refractivity contribution >= 4 is 33.7 Å². The van der Waals surface area contributed by atoms with E-state index in [4.69, 9.17) is 18.6 Å². The summed E-state index contributed by atoms with van der Waals surface area (Å²) < 4.78 is 46.6. The van der Waals surface area contributed by atoms with Gasteiger partial charge < -0.3 is 23.9 Å². The highest BCUT2D eigenvalue weighted by atomic mass is 32.2. The predicted molar refractivity (Wildman–Crippen MR) is 140 cm³/mol. The maximum absolute atomic E-state index is 12.4. The number of ether oxygens (including phenoxy) is 3. The lowest BCUT2D eigenvalue weighted by atomic mass is 10.2. The molecule has 13 heteroatoms. The number of nitrogens with one attached hydrogen (secondary N) is 2. The van der Waals surface area contributed by atoms with Crippen LogP contribution in [0.1, 0.15) is 11.3 Å². The molecule has 0 spiro atoms. The van der Waals surface area contributed by atoms with Crippen molar-refractivity contribution in [2.45, 2.75) is 6.54 Å². The maximum Gasteiger partial charge on any atom is 0.260 e. The summed E-state index contributed by atoms with van der Waals surface area (Å²) in [5.41, 5.74) is 3.18. The summed E-state index contributed by atoms with van der Waals surface area (Å²) in [6.07, 6.45) is 3.91. The average Bonchev–Trinajstić information content (AvgIpc) is 3.43. The third-order valence-corrected chi connectivity index (χ3v) is 6.18. The molecule has 202 valence electrons. The molecule has 3 rings (SSSR count). The number of furan rings is 1. The summed E-state index contributed by atoms with van der Waals surface area (Å²) in [6.45, 7) is -0.395. The molecule has 1 aromatic heterocycles. The molecule has 0 aliphatic carbocycles. The topological polar surface area (TPSA) is 149 Å². The van der Waals surface area contributed by atoms with Crippen LogP contribution in [0.5, 0.6) is 17.2 Å². The Morgan fingerprint density at radius 3 is 2.39 bits per heavy atom. The Balaban J connectivity index is 1.51. The Morgan fingerprint density at radius 1 is 1.03 bits per heavy atom. The summed E-state index contributed by atoms with van der Waals surface area (Å²) in [5.74, 6) is 0.896. The molecule has 2 N–H and O–H groups in total. The Hall–Kier alpha value is -4.52. The molecule has 0 radical (unpaired) electrons. The Morgan fingerprint density at radius 2 is 1.76 bits per heavy atom. The van der Waals surface area contributed by atoms with E-state index in [9.17, 15) is 18.0 Å². The third kappa shape index (κ3) is 8.27. The first kappa shape index (κ1) is 28.1. The summed E-state index contributed by atoms with van der Waals surface area (Å²) in [5, 5.41) is 6.56. The second-order valence-corrected chi connectivity index (χ2v) is 9.72. The largest absolute Gasteiger partial charge is 0.493 e. The molecule has 3 aromatic rings. The molecular formula is C25H28N4O8S. The molecule has 0 bridgehead atoms. The van der Waals surface area contributed by atoms with E-state index in [1.165, 1.54) is 38.8 Å². The zero-order valence-electron chi connectivity index (χ0n) is 21.0. The Kier molecular flexibility index (Phi) is 9.71. The molecule has 0 unspecified atom stereocenters. The number of methoxy groups -OCH3 is 2. The minimum atomic E-state index is -3.79. The second-order valence-electron chi connectivity index (χ2n) is 7.82. The third-order valence-electron chi connectivity index (χ3n) is 5.04. The molecule has 2 amide bonds. The number of sulfonamides is 1. The fraction of sp³-hybridized carbons (Fsp3) is 0.240. The molecule has 0 atom stereocenters. The fourth-order valence-corrected chi connectivity index (χ4v) is 4.02. The molecule has 0 saturated carbocycles. The van der Waals surface area contributed by atoms with E-state index in [0.29, 0.717) is 28.6 Å². The van der Waals surface area contributed by atoms with Gasteiger partial charge in [-0.25, -0.2) is 13.8 Å². The number of carbonyl (C=O) groups is 2. The lowest BCUT2D eigenvalue weighted by Crippen LogP contribution is -2.39. The minimum absolute atomic E-state index is 0.166. The number of hydrogen-bond donors (Lipinski definition) is 2. The molecule has 1 heterocycles. The van der Waals surface area contributed by atoms with Crippen molar-refractivity contribution in [2.24, 2.45) is 5.10 Å². The van der Waals surface area contributed by atoms with Crippen molar-refractivity contribution < 1.29 is 36.6 Å². The molecule has 2 aromatic carbocycles. The molecule has 0 aliphatic heterocycles. The molecule has 12 nitrogen and oxygen atoms in total. The summed E-state index contributed by atoms with van der Waals surface area (Å²) in [7, 11) is -0.905. The van der Waals surface area contributed by atoms with Gasteiger partial charge in [-0.15, -0.1) is 0 Å². The van der Waals surface area contributed by atoms with Crippen LogP contribution < -0.4 is 29.3 Å². The zero-order valence-corrected chi connectivity index (χ0v) is 21.9. The van der Waals surface area contributed by atoms with E-state index in [0.717, 1.165) is 10.6 Å². The van der Waals surface area contributed by atoms with Gasteiger partial charge in [-0.1, -0.05) is 0 Å². The maximum atomic E-state index is 12.4. The molecular weight excluding hydrogens is 516 g/mol. The summed E-state index contributed by atoms with van der Waals surface area (Å²) in [4.78, 5) is 24.3.